The summed E-state index contributed by atoms with van der Waals surface area (Å²) in [5.41, 5.74) is 10.9. The van der Waals surface area contributed by atoms with E-state index >= 15 is 0 Å². The zero-order chi connectivity index (χ0) is 14.0. The monoisotopic (exact) mass is 280 g/mol. The maximum Gasteiger partial charge on any atom is 0.293 e. The van der Waals surface area contributed by atoms with Gasteiger partial charge in [0, 0.05) is 5.56 Å². The van der Waals surface area contributed by atoms with Crippen molar-refractivity contribution in [2.45, 2.75) is 0 Å². The van der Waals surface area contributed by atoms with Gasteiger partial charge in [0.15, 0.2) is 0 Å². The summed E-state index contributed by atoms with van der Waals surface area (Å²) < 4.78 is 0. The van der Waals surface area contributed by atoms with Crippen LogP contribution < -0.4 is 16.8 Å². The summed E-state index contributed by atoms with van der Waals surface area (Å²) in [5, 5.41) is 8.59. The van der Waals surface area contributed by atoms with Crippen LogP contribution in [0.15, 0.2) is 18.2 Å². The molecule has 98 valence electrons. The van der Waals surface area contributed by atoms with E-state index in [-0.39, 0.29) is 28.0 Å². The molecule has 0 aliphatic rings. The number of benzene rings is 1. The van der Waals surface area contributed by atoms with Gasteiger partial charge < -0.3 is 16.8 Å². The van der Waals surface area contributed by atoms with E-state index in [1.54, 1.807) is 0 Å². The fourth-order valence-corrected chi connectivity index (χ4v) is 1.50. The normalized spacial score (nSPS) is 10.2. The van der Waals surface area contributed by atoms with Crippen LogP contribution in [0.25, 0.3) is 0 Å². The highest BCUT2D eigenvalue weighted by Gasteiger charge is 2.13. The van der Waals surface area contributed by atoms with E-state index in [0.29, 0.717) is 0 Å². The van der Waals surface area contributed by atoms with Crippen LogP contribution in [-0.2, 0) is 0 Å². The van der Waals surface area contributed by atoms with Crippen LogP contribution in [0.3, 0.4) is 0 Å². The number of nitrogens with zero attached hydrogens (tertiary/aromatic N) is 2. The maximum atomic E-state index is 11.8. The van der Waals surface area contributed by atoms with Gasteiger partial charge in [-0.05, 0) is 18.2 Å². The van der Waals surface area contributed by atoms with Crippen molar-refractivity contribution in [1.29, 1.82) is 0 Å². The minimum Gasteiger partial charge on any atom is -0.366 e. The number of carbonyl (C=O) groups is 2. The van der Waals surface area contributed by atoms with Crippen molar-refractivity contribution in [2.75, 3.05) is 11.1 Å². The molecule has 0 saturated carbocycles. The molecule has 0 bridgehead atoms. The molecule has 1 aromatic heterocycles. The number of H-pyrrole nitrogens is 1. The quantitative estimate of drug-likeness (QED) is 0.644. The predicted molar refractivity (Wildman–Crippen MR) is 68.7 cm³/mol. The van der Waals surface area contributed by atoms with Crippen LogP contribution in [-0.4, -0.2) is 27.0 Å². The Bertz CT molecular complexity index is 653. The summed E-state index contributed by atoms with van der Waals surface area (Å²) in [6.45, 7) is 0. The molecule has 0 fully saturated rings. The van der Waals surface area contributed by atoms with Crippen LogP contribution in [0.4, 0.5) is 11.6 Å². The Kier molecular flexibility index (Phi) is 3.34. The van der Waals surface area contributed by atoms with Gasteiger partial charge in [-0.2, -0.15) is 4.98 Å². The summed E-state index contributed by atoms with van der Waals surface area (Å²) in [7, 11) is 0. The molecule has 0 atom stereocenters. The van der Waals surface area contributed by atoms with E-state index in [1.165, 1.54) is 18.2 Å². The molecule has 0 spiro atoms. The van der Waals surface area contributed by atoms with Crippen LogP contribution in [0.2, 0.25) is 5.02 Å². The molecule has 0 saturated heterocycles. The van der Waals surface area contributed by atoms with Gasteiger partial charge in [-0.15, -0.1) is 5.10 Å². The van der Waals surface area contributed by atoms with Crippen molar-refractivity contribution in [3.05, 3.63) is 34.6 Å². The molecule has 6 N–H and O–H groups in total. The van der Waals surface area contributed by atoms with E-state index in [2.05, 4.69) is 20.5 Å². The number of carbonyl (C=O) groups excluding carboxylic acids is 2. The number of amides is 2. The molecule has 2 rings (SSSR count). The Hall–Kier alpha value is -2.61. The molecule has 19 heavy (non-hydrogen) atoms. The lowest BCUT2D eigenvalue weighted by molar-refractivity contribution is 0.0994. The second kappa shape index (κ2) is 4.94. The summed E-state index contributed by atoms with van der Waals surface area (Å²) in [4.78, 5) is 26.5. The fourth-order valence-electron chi connectivity index (χ4n) is 1.33. The van der Waals surface area contributed by atoms with Gasteiger partial charge in [0.25, 0.3) is 5.91 Å². The zero-order valence-electron chi connectivity index (χ0n) is 9.48. The van der Waals surface area contributed by atoms with Crippen molar-refractivity contribution < 1.29 is 9.59 Å². The van der Waals surface area contributed by atoms with Crippen molar-refractivity contribution in [3.63, 3.8) is 0 Å². The fraction of sp³-hybridized carbons (Fsp3) is 0. The smallest absolute Gasteiger partial charge is 0.293 e. The zero-order valence-corrected chi connectivity index (χ0v) is 10.2. The molecule has 0 radical (unpaired) electrons. The molecular formula is C10H9ClN6O2. The Labute approximate surface area is 112 Å². The van der Waals surface area contributed by atoms with E-state index in [4.69, 9.17) is 23.1 Å². The first-order valence-corrected chi connectivity index (χ1v) is 5.44. The lowest BCUT2D eigenvalue weighted by Crippen LogP contribution is -2.16. The number of aromatic amines is 1. The Morgan fingerprint density at radius 3 is 2.68 bits per heavy atom. The van der Waals surface area contributed by atoms with Gasteiger partial charge in [0.2, 0.25) is 17.7 Å². The van der Waals surface area contributed by atoms with Gasteiger partial charge in [-0.25, -0.2) is 0 Å². The number of hydrogen-bond acceptors (Lipinski definition) is 5. The highest BCUT2D eigenvalue weighted by molar-refractivity contribution is 6.34. The number of nitrogens with one attached hydrogen (secondary N) is 2. The average molecular weight is 281 g/mol. The highest BCUT2D eigenvalue weighted by Crippen LogP contribution is 2.23. The van der Waals surface area contributed by atoms with E-state index in [9.17, 15) is 9.59 Å². The minimum atomic E-state index is -0.629. The van der Waals surface area contributed by atoms with Crippen LogP contribution in [0, 0.1) is 0 Å². The summed E-state index contributed by atoms with van der Waals surface area (Å²) in [6, 6.07) is 4.26. The molecule has 2 amide bonds. The Morgan fingerprint density at radius 1 is 1.37 bits per heavy atom. The first-order chi connectivity index (χ1) is 8.97. The molecule has 8 nitrogen and oxygen atoms in total. The number of hydrogen-bond donors (Lipinski definition) is 4. The van der Waals surface area contributed by atoms with Crippen molar-refractivity contribution >= 4 is 35.1 Å². The minimum absolute atomic E-state index is 0.0536. The van der Waals surface area contributed by atoms with Gasteiger partial charge in [0.1, 0.15) is 0 Å². The summed E-state index contributed by atoms with van der Waals surface area (Å²) in [6.07, 6.45) is 0. The van der Waals surface area contributed by atoms with Crippen molar-refractivity contribution in [1.82, 2.24) is 15.2 Å². The number of anilines is 2. The van der Waals surface area contributed by atoms with Crippen LogP contribution in [0.5, 0.6) is 0 Å². The lowest BCUT2D eigenvalue weighted by Gasteiger charge is -2.06. The highest BCUT2D eigenvalue weighted by atomic mass is 35.5. The topological polar surface area (TPSA) is 140 Å². The molecule has 0 unspecified atom stereocenters. The molecule has 0 aliphatic carbocycles. The van der Waals surface area contributed by atoms with E-state index < -0.39 is 11.8 Å². The average Bonchev–Trinajstić information content (AvgIpc) is 2.78. The molecule has 0 aliphatic heterocycles. The van der Waals surface area contributed by atoms with Gasteiger partial charge in [-0.3, -0.25) is 14.7 Å². The Morgan fingerprint density at radius 2 is 2.11 bits per heavy atom. The SMILES string of the molecule is NC(=O)c1ccc(Cl)c(NC(=O)c2nc(N)n[nH]2)c1. The van der Waals surface area contributed by atoms with E-state index in [1.807, 2.05) is 0 Å². The number of primary amides is 1. The summed E-state index contributed by atoms with van der Waals surface area (Å²) >= 11 is 5.90. The number of nitrogen functional groups attached to an aromatic ring is 1. The largest absolute Gasteiger partial charge is 0.366 e. The van der Waals surface area contributed by atoms with Crippen molar-refractivity contribution in [2.24, 2.45) is 5.73 Å². The van der Waals surface area contributed by atoms with Gasteiger partial charge in [-0.1, -0.05) is 11.6 Å². The second-order valence-corrected chi connectivity index (χ2v) is 3.96. The number of halogens is 1. The van der Waals surface area contributed by atoms with Gasteiger partial charge in [0.05, 0.1) is 10.7 Å². The molecule has 1 heterocycles. The third kappa shape index (κ3) is 2.80. The Balaban J connectivity index is 2.25. The molecule has 9 heteroatoms. The lowest BCUT2D eigenvalue weighted by atomic mass is 10.2. The molecule has 2 aromatic rings. The maximum absolute atomic E-state index is 11.8. The van der Waals surface area contributed by atoms with E-state index in [0.717, 1.165) is 0 Å². The molecule has 1 aromatic carbocycles. The van der Waals surface area contributed by atoms with Crippen LogP contribution >= 0.6 is 11.6 Å². The first-order valence-electron chi connectivity index (χ1n) is 5.06. The van der Waals surface area contributed by atoms with Crippen molar-refractivity contribution in [3.8, 4) is 0 Å². The number of aromatic nitrogens is 3. The summed E-state index contributed by atoms with van der Waals surface area (Å²) in [5.74, 6) is -1.34. The second-order valence-electron chi connectivity index (χ2n) is 3.56. The molecular weight excluding hydrogens is 272 g/mol. The first kappa shape index (κ1) is 12.8. The standard InChI is InChI=1S/C10H9ClN6O2/c11-5-2-1-4(7(12)18)3-6(5)14-9(19)8-15-10(13)17-16-8/h1-3H,(H2,12,18)(H,14,19)(H3,13,15,16,17). The third-order valence-electron chi connectivity index (χ3n) is 2.22. The van der Waals surface area contributed by atoms with Gasteiger partial charge >= 0.3 is 0 Å². The predicted octanol–water partition coefficient (Wildman–Crippen LogP) is 0.391. The van der Waals surface area contributed by atoms with Crippen LogP contribution in [0.1, 0.15) is 21.0 Å². The third-order valence-corrected chi connectivity index (χ3v) is 2.55. The number of nitrogens with two attached hydrogens (primary N) is 2. The number of rotatable bonds is 3.